The molecule has 0 amide bonds. The number of allylic oxidation sites excluding steroid dienone is 4. The van der Waals surface area contributed by atoms with E-state index in [1.54, 1.807) is 19.1 Å². The standard InChI is InChI=1S/C24H27NO5/c1-3-25-16-7-5-9-18(26)22(16)21(23-17(25)8-6-10-19(23)27)14-11-12-20(30-4-2)15(13-14)24(28)29/h11-13,21H,3-10H2,1-2H3,(H,28,29). The van der Waals surface area contributed by atoms with E-state index in [0.29, 0.717) is 48.5 Å². The number of Topliss-reactive ketones (excluding diaryl/α,β-unsaturated/α-hetero) is 2. The van der Waals surface area contributed by atoms with Gasteiger partial charge in [0.2, 0.25) is 0 Å². The van der Waals surface area contributed by atoms with E-state index in [0.717, 1.165) is 37.1 Å². The second kappa shape index (κ2) is 8.09. The van der Waals surface area contributed by atoms with Gasteiger partial charge in [-0.05, 0) is 57.2 Å². The third kappa shape index (κ3) is 3.24. The summed E-state index contributed by atoms with van der Waals surface area (Å²) < 4.78 is 5.48. The van der Waals surface area contributed by atoms with Gasteiger partial charge in [-0.25, -0.2) is 4.79 Å². The molecule has 0 bridgehead atoms. The smallest absolute Gasteiger partial charge is 0.339 e. The van der Waals surface area contributed by atoms with E-state index in [-0.39, 0.29) is 17.1 Å². The number of hydrogen-bond acceptors (Lipinski definition) is 5. The molecule has 1 aliphatic heterocycles. The number of carbonyl (C=O) groups is 3. The van der Waals surface area contributed by atoms with Gasteiger partial charge in [0.05, 0.1) is 6.61 Å². The predicted octanol–water partition coefficient (Wildman–Crippen LogP) is 4.22. The highest BCUT2D eigenvalue weighted by atomic mass is 16.5. The van der Waals surface area contributed by atoms with Crippen molar-refractivity contribution in [2.24, 2.45) is 0 Å². The maximum atomic E-state index is 13.1. The molecule has 1 aromatic rings. The molecule has 0 spiro atoms. The molecule has 6 nitrogen and oxygen atoms in total. The van der Waals surface area contributed by atoms with Crippen molar-refractivity contribution in [3.8, 4) is 5.75 Å². The van der Waals surface area contributed by atoms with Gasteiger partial charge < -0.3 is 14.7 Å². The van der Waals surface area contributed by atoms with E-state index in [2.05, 4.69) is 4.90 Å². The van der Waals surface area contributed by atoms with Crippen LogP contribution < -0.4 is 4.74 Å². The van der Waals surface area contributed by atoms with Crippen molar-refractivity contribution in [3.05, 3.63) is 51.9 Å². The minimum Gasteiger partial charge on any atom is -0.493 e. The molecule has 0 saturated heterocycles. The Morgan fingerprint density at radius 1 is 1.03 bits per heavy atom. The van der Waals surface area contributed by atoms with Crippen LogP contribution in [-0.4, -0.2) is 40.7 Å². The number of nitrogens with zero attached hydrogens (tertiary/aromatic N) is 1. The number of ether oxygens (including phenoxy) is 1. The summed E-state index contributed by atoms with van der Waals surface area (Å²) in [5.41, 5.74) is 4.12. The van der Waals surface area contributed by atoms with E-state index in [9.17, 15) is 19.5 Å². The Hall–Kier alpha value is -2.89. The van der Waals surface area contributed by atoms with Crippen LogP contribution in [0.3, 0.4) is 0 Å². The molecule has 1 heterocycles. The number of hydrogen-bond donors (Lipinski definition) is 1. The third-order valence-corrected chi connectivity index (χ3v) is 6.27. The first-order valence-electron chi connectivity index (χ1n) is 10.8. The van der Waals surface area contributed by atoms with Gasteiger partial charge in [0.1, 0.15) is 11.3 Å². The van der Waals surface area contributed by atoms with E-state index in [1.165, 1.54) is 0 Å². The lowest BCUT2D eigenvalue weighted by Gasteiger charge is -2.43. The molecule has 30 heavy (non-hydrogen) atoms. The van der Waals surface area contributed by atoms with Crippen LogP contribution in [0.1, 0.15) is 74.2 Å². The molecule has 0 unspecified atom stereocenters. The minimum absolute atomic E-state index is 0.0584. The topological polar surface area (TPSA) is 83.9 Å². The maximum Gasteiger partial charge on any atom is 0.339 e. The maximum absolute atomic E-state index is 13.1. The largest absolute Gasteiger partial charge is 0.493 e. The van der Waals surface area contributed by atoms with Crippen LogP contribution in [0, 0.1) is 0 Å². The van der Waals surface area contributed by atoms with E-state index >= 15 is 0 Å². The van der Waals surface area contributed by atoms with Gasteiger partial charge in [-0.1, -0.05) is 6.07 Å². The quantitative estimate of drug-likeness (QED) is 0.784. The molecular formula is C24H27NO5. The Kier molecular flexibility index (Phi) is 5.50. The van der Waals surface area contributed by atoms with Crippen molar-refractivity contribution < 1.29 is 24.2 Å². The molecule has 6 heteroatoms. The van der Waals surface area contributed by atoms with Crippen LogP contribution in [-0.2, 0) is 9.59 Å². The number of rotatable bonds is 5. The average Bonchev–Trinajstić information content (AvgIpc) is 2.73. The fraction of sp³-hybridized carbons (Fsp3) is 0.458. The molecule has 0 atom stereocenters. The first kappa shape index (κ1) is 20.4. The summed E-state index contributed by atoms with van der Waals surface area (Å²) in [5, 5.41) is 9.72. The Balaban J connectivity index is 1.94. The highest BCUT2D eigenvalue weighted by molar-refractivity contribution is 6.06. The number of ketones is 2. The molecule has 0 fully saturated rings. The Labute approximate surface area is 176 Å². The van der Waals surface area contributed by atoms with Crippen molar-refractivity contribution >= 4 is 17.5 Å². The number of carbonyl (C=O) groups excluding carboxylic acids is 2. The van der Waals surface area contributed by atoms with Crippen LogP contribution in [0.25, 0.3) is 0 Å². The second-order valence-electron chi connectivity index (χ2n) is 7.95. The fourth-order valence-electron chi connectivity index (χ4n) is 5.11. The molecule has 1 aromatic carbocycles. The lowest BCUT2D eigenvalue weighted by Crippen LogP contribution is -2.39. The highest BCUT2D eigenvalue weighted by Gasteiger charge is 2.43. The van der Waals surface area contributed by atoms with Gasteiger partial charge in [-0.2, -0.15) is 0 Å². The number of aromatic carboxylic acids is 1. The summed E-state index contributed by atoms with van der Waals surface area (Å²) in [6.07, 6.45) is 4.15. The molecule has 0 radical (unpaired) electrons. The summed E-state index contributed by atoms with van der Waals surface area (Å²) in [6.45, 7) is 4.92. The molecular weight excluding hydrogens is 382 g/mol. The van der Waals surface area contributed by atoms with Crippen molar-refractivity contribution in [1.29, 1.82) is 0 Å². The van der Waals surface area contributed by atoms with Gasteiger partial charge in [-0.15, -0.1) is 0 Å². The van der Waals surface area contributed by atoms with Crippen LogP contribution in [0.15, 0.2) is 40.7 Å². The van der Waals surface area contributed by atoms with Crippen LogP contribution in [0.4, 0.5) is 0 Å². The highest BCUT2D eigenvalue weighted by Crippen LogP contribution is 2.49. The molecule has 2 aliphatic carbocycles. The van der Waals surface area contributed by atoms with Crippen LogP contribution >= 0.6 is 0 Å². The first-order chi connectivity index (χ1) is 14.5. The zero-order valence-electron chi connectivity index (χ0n) is 17.5. The predicted molar refractivity (Wildman–Crippen MR) is 111 cm³/mol. The van der Waals surface area contributed by atoms with E-state index < -0.39 is 11.9 Å². The number of carboxylic acids is 1. The van der Waals surface area contributed by atoms with Crippen LogP contribution in [0.5, 0.6) is 5.75 Å². The third-order valence-electron chi connectivity index (χ3n) is 6.27. The lowest BCUT2D eigenvalue weighted by atomic mass is 9.70. The minimum atomic E-state index is -1.08. The van der Waals surface area contributed by atoms with E-state index in [1.807, 2.05) is 13.0 Å². The Bertz CT molecular complexity index is 943. The Morgan fingerprint density at radius 3 is 2.13 bits per heavy atom. The monoisotopic (exact) mass is 409 g/mol. The Morgan fingerprint density at radius 2 is 1.63 bits per heavy atom. The summed E-state index contributed by atoms with van der Waals surface area (Å²) in [6, 6.07) is 5.04. The SMILES string of the molecule is CCOc1ccc(C2C3=C(CCCC3=O)N(CC)C3=C2C(=O)CCC3)cc1C(=O)O. The van der Waals surface area contributed by atoms with Crippen molar-refractivity contribution in [2.75, 3.05) is 13.2 Å². The summed E-state index contributed by atoms with van der Waals surface area (Å²) in [5.74, 6) is -1.15. The van der Waals surface area contributed by atoms with Crippen molar-refractivity contribution in [3.63, 3.8) is 0 Å². The molecule has 0 aromatic heterocycles. The molecule has 0 saturated carbocycles. The average molecular weight is 409 g/mol. The van der Waals surface area contributed by atoms with Crippen molar-refractivity contribution in [1.82, 2.24) is 4.90 Å². The zero-order valence-corrected chi connectivity index (χ0v) is 17.5. The van der Waals surface area contributed by atoms with E-state index in [4.69, 9.17) is 4.74 Å². The molecule has 158 valence electrons. The summed E-state index contributed by atoms with van der Waals surface area (Å²) >= 11 is 0. The van der Waals surface area contributed by atoms with Crippen LogP contribution in [0.2, 0.25) is 0 Å². The summed E-state index contributed by atoms with van der Waals surface area (Å²) in [7, 11) is 0. The summed E-state index contributed by atoms with van der Waals surface area (Å²) in [4.78, 5) is 40.2. The fourth-order valence-corrected chi connectivity index (χ4v) is 5.11. The molecule has 1 N–H and O–H groups in total. The van der Waals surface area contributed by atoms with Crippen molar-refractivity contribution in [2.45, 2.75) is 58.3 Å². The zero-order chi connectivity index (χ0) is 21.4. The second-order valence-corrected chi connectivity index (χ2v) is 7.95. The van der Waals surface area contributed by atoms with Gasteiger partial charge in [0, 0.05) is 47.8 Å². The molecule has 4 rings (SSSR count). The number of carboxylic acid groups (broad SMARTS) is 1. The number of benzene rings is 1. The van der Waals surface area contributed by atoms with Gasteiger partial charge >= 0.3 is 5.97 Å². The van der Waals surface area contributed by atoms with Gasteiger partial charge in [0.25, 0.3) is 0 Å². The van der Waals surface area contributed by atoms with Gasteiger partial charge in [0.15, 0.2) is 11.6 Å². The first-order valence-corrected chi connectivity index (χ1v) is 10.8. The normalized spacial score (nSPS) is 19.7. The lowest BCUT2D eigenvalue weighted by molar-refractivity contribution is -0.117. The van der Waals surface area contributed by atoms with Gasteiger partial charge in [-0.3, -0.25) is 9.59 Å². The molecule has 3 aliphatic rings.